The van der Waals surface area contributed by atoms with Crippen LogP contribution in [0.5, 0.6) is 0 Å². The Labute approximate surface area is 161 Å². The number of amides is 1. The van der Waals surface area contributed by atoms with Crippen LogP contribution in [0, 0.1) is 24.0 Å². The standard InChI is InChI=1S/C20H19N5O3/c1-13-6-7-17(25(27)28)11-19(13)24-20(26)12-22-16-5-3-4-15(10-16)18-8-9-21-14(2)23-18/h3-11,22H,12H2,1-2H3,(H,24,26). The normalized spacial score (nSPS) is 10.4. The first-order valence-corrected chi connectivity index (χ1v) is 8.61. The maximum absolute atomic E-state index is 12.3. The van der Waals surface area contributed by atoms with Crippen LogP contribution in [-0.2, 0) is 4.79 Å². The molecule has 2 N–H and O–H groups in total. The van der Waals surface area contributed by atoms with E-state index in [0.717, 1.165) is 22.5 Å². The zero-order valence-electron chi connectivity index (χ0n) is 15.5. The number of nitro groups is 1. The number of nitrogens with zero attached hydrogens (tertiary/aromatic N) is 3. The van der Waals surface area contributed by atoms with Gasteiger partial charge in [0.25, 0.3) is 5.69 Å². The van der Waals surface area contributed by atoms with Crippen LogP contribution in [0.4, 0.5) is 17.1 Å². The molecule has 8 heteroatoms. The highest BCUT2D eigenvalue weighted by Gasteiger charge is 2.11. The minimum absolute atomic E-state index is 0.0222. The number of nitrogens with one attached hydrogen (secondary N) is 2. The van der Waals surface area contributed by atoms with E-state index in [2.05, 4.69) is 20.6 Å². The van der Waals surface area contributed by atoms with Crippen molar-refractivity contribution in [2.24, 2.45) is 0 Å². The largest absolute Gasteiger partial charge is 0.376 e. The van der Waals surface area contributed by atoms with Crippen LogP contribution in [0.3, 0.4) is 0 Å². The van der Waals surface area contributed by atoms with Gasteiger partial charge in [-0.15, -0.1) is 0 Å². The summed E-state index contributed by atoms with van der Waals surface area (Å²) in [5.74, 6) is 0.384. The molecule has 3 aromatic rings. The Bertz CT molecular complexity index is 1040. The van der Waals surface area contributed by atoms with E-state index in [0.29, 0.717) is 11.5 Å². The summed E-state index contributed by atoms with van der Waals surface area (Å²) >= 11 is 0. The fourth-order valence-corrected chi connectivity index (χ4v) is 2.64. The Balaban J connectivity index is 1.66. The number of anilines is 2. The third-order valence-electron chi connectivity index (χ3n) is 4.09. The molecule has 2 aromatic carbocycles. The SMILES string of the molecule is Cc1nccc(-c2cccc(NCC(=O)Nc3cc([N+](=O)[O-])ccc3C)c2)n1. The Morgan fingerprint density at radius 2 is 1.96 bits per heavy atom. The number of hydrogen-bond donors (Lipinski definition) is 2. The van der Waals surface area contributed by atoms with Crippen molar-refractivity contribution >= 4 is 23.0 Å². The van der Waals surface area contributed by atoms with Gasteiger partial charge in [0, 0.05) is 29.6 Å². The van der Waals surface area contributed by atoms with Crippen LogP contribution in [0.1, 0.15) is 11.4 Å². The number of aromatic nitrogens is 2. The molecule has 1 heterocycles. The minimum Gasteiger partial charge on any atom is -0.376 e. The summed E-state index contributed by atoms with van der Waals surface area (Å²) in [6.45, 7) is 3.63. The van der Waals surface area contributed by atoms with Crippen LogP contribution < -0.4 is 10.6 Å². The minimum atomic E-state index is -0.492. The van der Waals surface area contributed by atoms with Gasteiger partial charge in [0.2, 0.25) is 5.91 Å². The summed E-state index contributed by atoms with van der Waals surface area (Å²) in [5.41, 5.74) is 3.57. The van der Waals surface area contributed by atoms with Gasteiger partial charge in [-0.3, -0.25) is 14.9 Å². The molecule has 0 saturated heterocycles. The lowest BCUT2D eigenvalue weighted by molar-refractivity contribution is -0.384. The van der Waals surface area contributed by atoms with Crippen LogP contribution >= 0.6 is 0 Å². The third-order valence-corrected chi connectivity index (χ3v) is 4.09. The van der Waals surface area contributed by atoms with Crippen molar-refractivity contribution in [1.82, 2.24) is 9.97 Å². The third kappa shape index (κ3) is 4.67. The quantitative estimate of drug-likeness (QED) is 0.500. The Kier molecular flexibility index (Phi) is 5.59. The number of benzene rings is 2. The summed E-state index contributed by atoms with van der Waals surface area (Å²) in [7, 11) is 0. The molecule has 0 aliphatic rings. The average molecular weight is 377 g/mol. The summed E-state index contributed by atoms with van der Waals surface area (Å²) in [6.07, 6.45) is 1.70. The summed E-state index contributed by atoms with van der Waals surface area (Å²) in [5, 5.41) is 16.7. The lowest BCUT2D eigenvalue weighted by atomic mass is 10.1. The van der Waals surface area contributed by atoms with Crippen molar-refractivity contribution in [3.8, 4) is 11.3 Å². The molecule has 3 rings (SSSR count). The van der Waals surface area contributed by atoms with Crippen molar-refractivity contribution in [3.63, 3.8) is 0 Å². The molecule has 0 fully saturated rings. The number of carbonyl (C=O) groups excluding carboxylic acids is 1. The second-order valence-electron chi connectivity index (χ2n) is 6.23. The summed E-state index contributed by atoms with van der Waals surface area (Å²) < 4.78 is 0. The summed E-state index contributed by atoms with van der Waals surface area (Å²) in [6, 6.07) is 13.7. The fraction of sp³-hybridized carbons (Fsp3) is 0.150. The van der Waals surface area contributed by atoms with Crippen LogP contribution in [0.15, 0.2) is 54.7 Å². The molecule has 0 atom stereocenters. The molecule has 0 unspecified atom stereocenters. The van der Waals surface area contributed by atoms with E-state index in [4.69, 9.17) is 0 Å². The molecule has 0 spiro atoms. The van der Waals surface area contributed by atoms with E-state index >= 15 is 0 Å². The molecule has 0 aliphatic carbocycles. The Hall–Kier alpha value is -3.81. The zero-order chi connectivity index (χ0) is 20.1. The van der Waals surface area contributed by atoms with Gasteiger partial charge in [-0.1, -0.05) is 18.2 Å². The van der Waals surface area contributed by atoms with E-state index in [1.807, 2.05) is 37.3 Å². The number of non-ortho nitro benzene ring substituents is 1. The van der Waals surface area contributed by atoms with Gasteiger partial charge < -0.3 is 10.6 Å². The highest BCUT2D eigenvalue weighted by molar-refractivity contribution is 5.94. The molecule has 1 aromatic heterocycles. The van der Waals surface area contributed by atoms with Crippen LogP contribution in [-0.4, -0.2) is 27.3 Å². The van der Waals surface area contributed by atoms with Crippen LogP contribution in [0.25, 0.3) is 11.3 Å². The van der Waals surface area contributed by atoms with E-state index < -0.39 is 4.92 Å². The van der Waals surface area contributed by atoms with Crippen molar-refractivity contribution in [1.29, 1.82) is 0 Å². The van der Waals surface area contributed by atoms with Crippen molar-refractivity contribution in [3.05, 3.63) is 76.2 Å². The Morgan fingerprint density at radius 3 is 2.71 bits per heavy atom. The molecule has 0 radical (unpaired) electrons. The lowest BCUT2D eigenvalue weighted by Gasteiger charge is -2.11. The van der Waals surface area contributed by atoms with E-state index in [1.54, 1.807) is 19.2 Å². The van der Waals surface area contributed by atoms with Gasteiger partial charge in [-0.25, -0.2) is 9.97 Å². The number of aryl methyl sites for hydroxylation is 2. The summed E-state index contributed by atoms with van der Waals surface area (Å²) in [4.78, 5) is 31.1. The molecule has 28 heavy (non-hydrogen) atoms. The van der Waals surface area contributed by atoms with Gasteiger partial charge in [-0.2, -0.15) is 0 Å². The first-order chi connectivity index (χ1) is 13.4. The zero-order valence-corrected chi connectivity index (χ0v) is 15.5. The molecule has 8 nitrogen and oxygen atoms in total. The van der Waals surface area contributed by atoms with Crippen molar-refractivity contribution in [2.45, 2.75) is 13.8 Å². The Morgan fingerprint density at radius 1 is 1.14 bits per heavy atom. The molecule has 0 bridgehead atoms. The van der Waals surface area contributed by atoms with E-state index in [-0.39, 0.29) is 18.1 Å². The molecule has 0 aliphatic heterocycles. The number of hydrogen-bond acceptors (Lipinski definition) is 6. The second-order valence-corrected chi connectivity index (χ2v) is 6.23. The number of carbonyl (C=O) groups is 1. The monoisotopic (exact) mass is 377 g/mol. The van der Waals surface area contributed by atoms with E-state index in [9.17, 15) is 14.9 Å². The smallest absolute Gasteiger partial charge is 0.271 e. The van der Waals surface area contributed by atoms with E-state index in [1.165, 1.54) is 12.1 Å². The predicted molar refractivity (Wildman–Crippen MR) is 107 cm³/mol. The molecular weight excluding hydrogens is 358 g/mol. The molecule has 142 valence electrons. The van der Waals surface area contributed by atoms with Crippen LogP contribution in [0.2, 0.25) is 0 Å². The maximum Gasteiger partial charge on any atom is 0.271 e. The predicted octanol–water partition coefficient (Wildman–Crippen LogP) is 3.72. The molecule has 0 saturated carbocycles. The maximum atomic E-state index is 12.3. The highest BCUT2D eigenvalue weighted by Crippen LogP contribution is 2.22. The molecular formula is C20H19N5O3. The first-order valence-electron chi connectivity index (χ1n) is 8.61. The highest BCUT2D eigenvalue weighted by atomic mass is 16.6. The topological polar surface area (TPSA) is 110 Å². The van der Waals surface area contributed by atoms with Gasteiger partial charge in [0.05, 0.1) is 22.8 Å². The lowest BCUT2D eigenvalue weighted by Crippen LogP contribution is -2.22. The van der Waals surface area contributed by atoms with Crippen molar-refractivity contribution in [2.75, 3.05) is 17.2 Å². The first kappa shape index (κ1) is 19.0. The van der Waals surface area contributed by atoms with Gasteiger partial charge >= 0.3 is 0 Å². The van der Waals surface area contributed by atoms with Gasteiger partial charge in [-0.05, 0) is 37.6 Å². The second kappa shape index (κ2) is 8.26. The van der Waals surface area contributed by atoms with Gasteiger partial charge in [0.1, 0.15) is 5.82 Å². The average Bonchev–Trinajstić information content (AvgIpc) is 2.68. The number of nitro benzene ring substituents is 1. The van der Waals surface area contributed by atoms with Crippen molar-refractivity contribution < 1.29 is 9.72 Å². The molecule has 1 amide bonds. The van der Waals surface area contributed by atoms with Gasteiger partial charge in [0.15, 0.2) is 0 Å². The fourth-order valence-electron chi connectivity index (χ4n) is 2.64. The number of rotatable bonds is 6.